The highest BCUT2D eigenvalue weighted by atomic mass is 35.5. The van der Waals surface area contributed by atoms with E-state index in [0.717, 1.165) is 33.6 Å². The van der Waals surface area contributed by atoms with Crippen molar-refractivity contribution >= 4 is 22.6 Å². The maximum atomic E-state index is 6.38. The van der Waals surface area contributed by atoms with Gasteiger partial charge in [0.15, 0.2) is 0 Å². The van der Waals surface area contributed by atoms with Gasteiger partial charge in [0.1, 0.15) is 22.9 Å². The van der Waals surface area contributed by atoms with Gasteiger partial charge in [0.25, 0.3) is 0 Å². The molecule has 2 heterocycles. The van der Waals surface area contributed by atoms with Crippen molar-refractivity contribution in [3.63, 3.8) is 0 Å². The van der Waals surface area contributed by atoms with Crippen LogP contribution in [0.25, 0.3) is 27.8 Å². The van der Waals surface area contributed by atoms with Crippen molar-refractivity contribution in [1.82, 2.24) is 14.5 Å². The summed E-state index contributed by atoms with van der Waals surface area (Å²) in [6, 6.07) is 17.9. The first-order chi connectivity index (χ1) is 11.8. The van der Waals surface area contributed by atoms with Gasteiger partial charge in [-0.3, -0.25) is 0 Å². The van der Waals surface area contributed by atoms with Gasteiger partial charge in [0.2, 0.25) is 0 Å². The van der Waals surface area contributed by atoms with Crippen LogP contribution in [0.2, 0.25) is 5.15 Å². The molecule has 118 valence electrons. The highest BCUT2D eigenvalue weighted by Gasteiger charge is 2.16. The van der Waals surface area contributed by atoms with Crippen LogP contribution < -0.4 is 4.74 Å². The Labute approximate surface area is 144 Å². The highest BCUT2D eigenvalue weighted by Crippen LogP contribution is 2.35. The molecule has 0 saturated heterocycles. The van der Waals surface area contributed by atoms with E-state index >= 15 is 0 Å². The van der Waals surface area contributed by atoms with E-state index < -0.39 is 0 Å². The number of aromatic nitrogens is 3. The minimum atomic E-state index is 0.450. The summed E-state index contributed by atoms with van der Waals surface area (Å²) in [4.78, 5) is 8.59. The molecule has 0 atom stereocenters. The van der Waals surface area contributed by atoms with E-state index in [1.54, 1.807) is 7.11 Å². The molecule has 0 bridgehead atoms. The van der Waals surface area contributed by atoms with Gasteiger partial charge in [-0.1, -0.05) is 41.9 Å². The summed E-state index contributed by atoms with van der Waals surface area (Å²) in [5, 5.41) is 1.30. The van der Waals surface area contributed by atoms with E-state index in [1.165, 1.54) is 6.33 Å². The number of hydrogen-bond donors (Lipinski definition) is 0. The third kappa shape index (κ3) is 2.41. The highest BCUT2D eigenvalue weighted by molar-refractivity contribution is 6.35. The van der Waals surface area contributed by atoms with Gasteiger partial charge in [-0.15, -0.1) is 0 Å². The predicted molar refractivity (Wildman–Crippen MR) is 95.9 cm³/mol. The van der Waals surface area contributed by atoms with Crippen LogP contribution in [0.3, 0.4) is 0 Å². The van der Waals surface area contributed by atoms with Crippen LogP contribution in [0.1, 0.15) is 0 Å². The maximum Gasteiger partial charge on any atom is 0.150 e. The topological polar surface area (TPSA) is 39.9 Å². The fourth-order valence-corrected chi connectivity index (χ4v) is 3.03. The second-order valence-electron chi connectivity index (χ2n) is 5.34. The molecule has 0 aliphatic carbocycles. The average Bonchev–Trinajstić information content (AvgIpc) is 3.04. The van der Waals surface area contributed by atoms with E-state index in [1.807, 2.05) is 53.2 Å². The van der Waals surface area contributed by atoms with Crippen molar-refractivity contribution in [2.24, 2.45) is 0 Å². The van der Waals surface area contributed by atoms with Crippen LogP contribution >= 0.6 is 11.6 Å². The first-order valence-corrected chi connectivity index (χ1v) is 7.87. The van der Waals surface area contributed by atoms with E-state index in [2.05, 4.69) is 22.1 Å². The van der Waals surface area contributed by atoms with Crippen molar-refractivity contribution in [2.75, 3.05) is 7.11 Å². The molecule has 2 aromatic carbocycles. The molecule has 0 N–H and O–H groups in total. The van der Waals surface area contributed by atoms with Crippen LogP contribution in [0, 0.1) is 0 Å². The quantitative estimate of drug-likeness (QED) is 0.507. The Bertz CT molecular complexity index is 994. The SMILES string of the molecule is COc1ccc(-n2cc(-c3ccccc3)c3c(Cl)ncnc32)cc1. The van der Waals surface area contributed by atoms with Crippen LogP contribution in [0.5, 0.6) is 5.75 Å². The zero-order valence-electron chi connectivity index (χ0n) is 13.0. The minimum Gasteiger partial charge on any atom is -0.497 e. The van der Waals surface area contributed by atoms with Crippen LogP contribution in [0.4, 0.5) is 0 Å². The standard InChI is InChI=1S/C19H14ClN3O/c1-24-15-9-7-14(8-10-15)23-11-16(13-5-3-2-4-6-13)17-18(20)21-12-22-19(17)23/h2-12H,1H3. The summed E-state index contributed by atoms with van der Waals surface area (Å²) in [6.07, 6.45) is 3.53. The molecular weight excluding hydrogens is 322 g/mol. The summed E-state index contributed by atoms with van der Waals surface area (Å²) in [6.45, 7) is 0. The molecule has 0 aliphatic heterocycles. The molecule has 0 amide bonds. The Morgan fingerprint density at radius 2 is 1.71 bits per heavy atom. The first-order valence-electron chi connectivity index (χ1n) is 7.49. The fraction of sp³-hybridized carbons (Fsp3) is 0.0526. The number of nitrogens with zero attached hydrogens (tertiary/aromatic N) is 3. The molecule has 4 nitrogen and oxygen atoms in total. The zero-order valence-corrected chi connectivity index (χ0v) is 13.7. The molecule has 4 rings (SSSR count). The number of methoxy groups -OCH3 is 1. The van der Waals surface area contributed by atoms with E-state index in [0.29, 0.717) is 5.15 Å². The van der Waals surface area contributed by atoms with Gasteiger partial charge in [0, 0.05) is 17.4 Å². The van der Waals surface area contributed by atoms with E-state index in [-0.39, 0.29) is 0 Å². The summed E-state index contributed by atoms with van der Waals surface area (Å²) in [7, 11) is 1.65. The summed E-state index contributed by atoms with van der Waals surface area (Å²) in [5.41, 5.74) is 3.84. The Kier molecular flexibility index (Phi) is 3.67. The van der Waals surface area contributed by atoms with Gasteiger partial charge >= 0.3 is 0 Å². The van der Waals surface area contributed by atoms with Gasteiger partial charge in [-0.2, -0.15) is 0 Å². The van der Waals surface area contributed by atoms with Crippen molar-refractivity contribution in [1.29, 1.82) is 0 Å². The normalized spacial score (nSPS) is 10.9. The molecular formula is C19H14ClN3O. The smallest absolute Gasteiger partial charge is 0.150 e. The van der Waals surface area contributed by atoms with Crippen LogP contribution in [0.15, 0.2) is 67.1 Å². The molecule has 24 heavy (non-hydrogen) atoms. The number of fused-ring (bicyclic) bond motifs is 1. The number of ether oxygens (including phenoxy) is 1. The van der Waals surface area contributed by atoms with Gasteiger partial charge in [-0.05, 0) is 29.8 Å². The van der Waals surface area contributed by atoms with Crippen molar-refractivity contribution in [3.8, 4) is 22.6 Å². The monoisotopic (exact) mass is 335 g/mol. The molecule has 0 aliphatic rings. The lowest BCUT2D eigenvalue weighted by Crippen LogP contribution is -1.94. The van der Waals surface area contributed by atoms with E-state index in [9.17, 15) is 0 Å². The average molecular weight is 336 g/mol. The van der Waals surface area contributed by atoms with Crippen LogP contribution in [-0.4, -0.2) is 21.6 Å². The number of hydrogen-bond acceptors (Lipinski definition) is 3. The minimum absolute atomic E-state index is 0.450. The Morgan fingerprint density at radius 1 is 0.958 bits per heavy atom. The fourth-order valence-electron chi connectivity index (χ4n) is 2.80. The number of rotatable bonds is 3. The third-order valence-corrected chi connectivity index (χ3v) is 4.26. The second-order valence-corrected chi connectivity index (χ2v) is 5.70. The van der Waals surface area contributed by atoms with Gasteiger partial charge in [0.05, 0.1) is 12.5 Å². The molecule has 2 aromatic heterocycles. The Balaban J connectivity index is 1.98. The van der Waals surface area contributed by atoms with Crippen molar-refractivity contribution in [3.05, 3.63) is 72.3 Å². The molecule has 0 unspecified atom stereocenters. The number of halogens is 1. The largest absolute Gasteiger partial charge is 0.497 e. The first kappa shape index (κ1) is 14.7. The molecule has 0 radical (unpaired) electrons. The summed E-state index contributed by atoms with van der Waals surface area (Å²) >= 11 is 6.38. The molecule has 0 fully saturated rings. The van der Waals surface area contributed by atoms with Gasteiger partial charge < -0.3 is 9.30 Å². The predicted octanol–water partition coefficient (Wildman–Crippen LogP) is 4.75. The summed E-state index contributed by atoms with van der Waals surface area (Å²) in [5.74, 6) is 0.811. The molecule has 4 aromatic rings. The zero-order chi connectivity index (χ0) is 16.5. The summed E-state index contributed by atoms with van der Waals surface area (Å²) < 4.78 is 7.25. The van der Waals surface area contributed by atoms with Crippen molar-refractivity contribution < 1.29 is 4.74 Å². The maximum absolute atomic E-state index is 6.38. The molecule has 0 spiro atoms. The molecule has 5 heteroatoms. The molecule has 0 saturated carbocycles. The lowest BCUT2D eigenvalue weighted by Gasteiger charge is -2.05. The van der Waals surface area contributed by atoms with Crippen LogP contribution in [-0.2, 0) is 0 Å². The second kappa shape index (κ2) is 5.98. The van der Waals surface area contributed by atoms with Gasteiger partial charge in [-0.25, -0.2) is 9.97 Å². The third-order valence-electron chi connectivity index (χ3n) is 3.97. The Hall–Kier alpha value is -2.85. The van der Waals surface area contributed by atoms with E-state index in [4.69, 9.17) is 16.3 Å². The van der Waals surface area contributed by atoms with Crippen molar-refractivity contribution in [2.45, 2.75) is 0 Å². The number of benzene rings is 2. The Morgan fingerprint density at radius 3 is 2.42 bits per heavy atom. The lowest BCUT2D eigenvalue weighted by atomic mass is 10.1. The lowest BCUT2D eigenvalue weighted by molar-refractivity contribution is 0.415.